The molecule has 0 radical (unpaired) electrons. The summed E-state index contributed by atoms with van der Waals surface area (Å²) in [6.45, 7) is 9.60. The van der Waals surface area contributed by atoms with Gasteiger partial charge in [-0.3, -0.25) is 4.79 Å². The molecule has 0 aromatic heterocycles. The zero-order valence-electron chi connectivity index (χ0n) is 15.1. The van der Waals surface area contributed by atoms with E-state index < -0.39 is 11.0 Å². The number of hydrogen-bond acceptors (Lipinski definition) is 4. The lowest BCUT2D eigenvalue weighted by atomic mass is 9.91. The Bertz CT molecular complexity index is 735. The molecule has 2 aromatic carbocycles. The summed E-state index contributed by atoms with van der Waals surface area (Å²) in [5, 5.41) is 2.27. The van der Waals surface area contributed by atoms with E-state index in [1.165, 1.54) is 0 Å². The van der Waals surface area contributed by atoms with Gasteiger partial charge in [0.25, 0.3) is 0 Å². The van der Waals surface area contributed by atoms with Crippen LogP contribution in [0.4, 0.5) is 0 Å². The molecule has 0 aliphatic carbocycles. The van der Waals surface area contributed by atoms with Gasteiger partial charge in [0.2, 0.25) is 0 Å². The van der Waals surface area contributed by atoms with Crippen molar-refractivity contribution in [1.29, 1.82) is 0 Å². The van der Waals surface area contributed by atoms with Crippen molar-refractivity contribution < 1.29 is 14.3 Å². The summed E-state index contributed by atoms with van der Waals surface area (Å²) in [7, 11) is 0. The van der Waals surface area contributed by atoms with E-state index in [1.807, 2.05) is 58.9 Å². The molecule has 2 rings (SSSR count). The number of hydrogen-bond donors (Lipinski definition) is 1. The van der Waals surface area contributed by atoms with Gasteiger partial charge in [0.15, 0.2) is 6.79 Å². The summed E-state index contributed by atoms with van der Waals surface area (Å²) in [6, 6.07) is 12.2. The molecular formula is C20H26O3S. The summed E-state index contributed by atoms with van der Waals surface area (Å²) in [6.07, 6.45) is 0.728. The van der Waals surface area contributed by atoms with Gasteiger partial charge in [-0.2, -0.15) is 0 Å². The second-order valence-electron chi connectivity index (χ2n) is 7.19. The highest BCUT2D eigenvalue weighted by Gasteiger charge is 2.28. The van der Waals surface area contributed by atoms with Crippen LogP contribution in [0.25, 0.3) is 10.8 Å². The minimum Gasteiger partial charge on any atom is -0.438 e. The number of benzene rings is 2. The van der Waals surface area contributed by atoms with Crippen LogP contribution in [0.3, 0.4) is 0 Å². The summed E-state index contributed by atoms with van der Waals surface area (Å²) in [5.74, 6) is -0.237. The number of esters is 1. The molecule has 24 heavy (non-hydrogen) atoms. The van der Waals surface area contributed by atoms with Crippen LogP contribution in [0.5, 0.6) is 0 Å². The van der Waals surface area contributed by atoms with Crippen LogP contribution >= 0.6 is 12.6 Å². The third-order valence-corrected chi connectivity index (χ3v) is 4.84. The maximum atomic E-state index is 12.0. The number of carbonyl (C=O) groups is 1. The van der Waals surface area contributed by atoms with Gasteiger partial charge in [-0.25, -0.2) is 0 Å². The highest BCUT2D eigenvalue weighted by molar-refractivity contribution is 7.80. The van der Waals surface area contributed by atoms with Gasteiger partial charge in [-0.1, -0.05) is 25.1 Å². The third kappa shape index (κ3) is 4.31. The Morgan fingerprint density at radius 3 is 2.38 bits per heavy atom. The molecule has 0 aliphatic rings. The fourth-order valence-corrected chi connectivity index (χ4v) is 2.48. The maximum absolute atomic E-state index is 12.0. The lowest BCUT2D eigenvalue weighted by molar-refractivity contribution is -0.179. The number of carbonyl (C=O) groups excluding carboxylic acids is 1. The Kier molecular flexibility index (Phi) is 5.61. The molecule has 0 fully saturated rings. The number of rotatable bonds is 6. The molecule has 130 valence electrons. The predicted octanol–water partition coefficient (Wildman–Crippen LogP) is 5.32. The Hall–Kier alpha value is -1.52. The van der Waals surface area contributed by atoms with Gasteiger partial charge in [0.1, 0.15) is 0 Å². The molecule has 0 bridgehead atoms. The van der Waals surface area contributed by atoms with E-state index >= 15 is 0 Å². The van der Waals surface area contributed by atoms with Crippen LogP contribution in [-0.4, -0.2) is 12.8 Å². The Balaban J connectivity index is 2.08. The van der Waals surface area contributed by atoms with Crippen molar-refractivity contribution in [3.8, 4) is 0 Å². The van der Waals surface area contributed by atoms with E-state index in [9.17, 15) is 4.79 Å². The standard InChI is InChI=1S/C20H26O3S/c1-6-19(2,3)18(21)22-13-23-20(4,5)16-9-7-14-8-10-17(24)12-15(14)11-16/h7-12,24H,6,13H2,1-5H3. The normalized spacial score (nSPS) is 12.4. The minimum atomic E-state index is -0.558. The first-order valence-corrected chi connectivity index (χ1v) is 8.65. The molecule has 3 nitrogen and oxygen atoms in total. The molecule has 2 aromatic rings. The lowest BCUT2D eigenvalue weighted by Gasteiger charge is -2.27. The average Bonchev–Trinajstić information content (AvgIpc) is 2.53. The van der Waals surface area contributed by atoms with Crippen LogP contribution in [0.2, 0.25) is 0 Å². The lowest BCUT2D eigenvalue weighted by Crippen LogP contribution is -2.29. The van der Waals surface area contributed by atoms with Gasteiger partial charge in [0, 0.05) is 4.90 Å². The Labute approximate surface area is 149 Å². The molecule has 0 spiro atoms. The second kappa shape index (κ2) is 7.16. The summed E-state index contributed by atoms with van der Waals surface area (Å²) in [4.78, 5) is 12.9. The van der Waals surface area contributed by atoms with E-state index in [0.29, 0.717) is 0 Å². The highest BCUT2D eigenvalue weighted by atomic mass is 32.1. The van der Waals surface area contributed by atoms with Crippen molar-refractivity contribution in [2.24, 2.45) is 5.41 Å². The smallest absolute Gasteiger partial charge is 0.313 e. The Morgan fingerprint density at radius 2 is 1.71 bits per heavy atom. The van der Waals surface area contributed by atoms with Crippen LogP contribution in [0, 0.1) is 5.41 Å². The van der Waals surface area contributed by atoms with Crippen LogP contribution < -0.4 is 0 Å². The molecule has 0 amide bonds. The van der Waals surface area contributed by atoms with Gasteiger partial charge in [-0.05, 0) is 68.7 Å². The first-order chi connectivity index (χ1) is 11.2. The van der Waals surface area contributed by atoms with E-state index in [2.05, 4.69) is 24.8 Å². The molecule has 0 unspecified atom stereocenters. The first-order valence-electron chi connectivity index (χ1n) is 8.20. The van der Waals surface area contributed by atoms with Crippen LogP contribution in [0.1, 0.15) is 46.6 Å². The zero-order valence-corrected chi connectivity index (χ0v) is 15.9. The second-order valence-corrected chi connectivity index (χ2v) is 7.70. The van der Waals surface area contributed by atoms with Crippen LogP contribution in [0.15, 0.2) is 41.3 Å². The summed E-state index contributed by atoms with van der Waals surface area (Å²) >= 11 is 4.39. The minimum absolute atomic E-state index is 0.0556. The van der Waals surface area contributed by atoms with E-state index in [-0.39, 0.29) is 12.8 Å². The largest absolute Gasteiger partial charge is 0.438 e. The van der Waals surface area contributed by atoms with Gasteiger partial charge in [0.05, 0.1) is 11.0 Å². The van der Waals surface area contributed by atoms with E-state index in [4.69, 9.17) is 9.47 Å². The molecule has 0 saturated carbocycles. The monoisotopic (exact) mass is 346 g/mol. The molecule has 0 N–H and O–H groups in total. The SMILES string of the molecule is CCC(C)(C)C(=O)OCOC(C)(C)c1ccc2ccc(S)cc2c1. The fraction of sp³-hybridized carbons (Fsp3) is 0.450. The van der Waals surface area contributed by atoms with E-state index in [0.717, 1.165) is 27.7 Å². The van der Waals surface area contributed by atoms with Crippen molar-refractivity contribution in [1.82, 2.24) is 0 Å². The van der Waals surface area contributed by atoms with Crippen molar-refractivity contribution in [3.05, 3.63) is 42.0 Å². The summed E-state index contributed by atoms with van der Waals surface area (Å²) in [5.41, 5.74) is -0.0173. The van der Waals surface area contributed by atoms with Crippen molar-refractivity contribution in [2.75, 3.05) is 6.79 Å². The molecular weight excluding hydrogens is 320 g/mol. The predicted molar refractivity (Wildman–Crippen MR) is 100 cm³/mol. The van der Waals surface area contributed by atoms with Crippen molar-refractivity contribution in [3.63, 3.8) is 0 Å². The van der Waals surface area contributed by atoms with Crippen molar-refractivity contribution >= 4 is 29.4 Å². The van der Waals surface area contributed by atoms with E-state index in [1.54, 1.807) is 0 Å². The van der Waals surface area contributed by atoms with Gasteiger partial charge >= 0.3 is 5.97 Å². The maximum Gasteiger partial charge on any atom is 0.313 e. The fourth-order valence-electron chi connectivity index (χ4n) is 2.26. The molecule has 0 saturated heterocycles. The zero-order chi connectivity index (χ0) is 18.0. The number of fused-ring (bicyclic) bond motifs is 1. The highest BCUT2D eigenvalue weighted by Crippen LogP contribution is 2.29. The molecule has 0 atom stereocenters. The number of ether oxygens (including phenoxy) is 2. The van der Waals surface area contributed by atoms with Gasteiger partial charge in [-0.15, -0.1) is 12.6 Å². The third-order valence-electron chi connectivity index (χ3n) is 4.57. The first kappa shape index (κ1) is 18.8. The van der Waals surface area contributed by atoms with Crippen molar-refractivity contribution in [2.45, 2.75) is 51.5 Å². The van der Waals surface area contributed by atoms with Crippen LogP contribution in [-0.2, 0) is 19.9 Å². The summed E-state index contributed by atoms with van der Waals surface area (Å²) < 4.78 is 11.1. The molecule has 0 aliphatic heterocycles. The molecule has 4 heteroatoms. The Morgan fingerprint density at radius 1 is 1.04 bits per heavy atom. The topological polar surface area (TPSA) is 35.5 Å². The number of thiol groups is 1. The molecule has 0 heterocycles. The van der Waals surface area contributed by atoms with Gasteiger partial charge < -0.3 is 9.47 Å². The average molecular weight is 346 g/mol. The quantitative estimate of drug-likeness (QED) is 0.437.